The van der Waals surface area contributed by atoms with Crippen molar-refractivity contribution in [3.8, 4) is 28.7 Å². The number of carbonyl (C=O) groups is 1. The van der Waals surface area contributed by atoms with Gasteiger partial charge in [0.05, 0.1) is 40.0 Å². The Bertz CT molecular complexity index is 1170. The monoisotopic (exact) mass is 507 g/mol. The molecule has 0 saturated carbocycles. The molecule has 0 amide bonds. The molecule has 2 unspecified atom stereocenters. The van der Waals surface area contributed by atoms with Gasteiger partial charge in [-0.2, -0.15) is 0 Å². The van der Waals surface area contributed by atoms with Crippen LogP contribution in [0.5, 0.6) is 28.7 Å². The molecule has 0 aromatic heterocycles. The minimum atomic E-state index is -0.863. The molecular formula is C29H33NO7. The molecule has 0 bridgehead atoms. The van der Waals surface area contributed by atoms with E-state index < -0.39 is 18.1 Å². The number of methoxy groups -OCH3 is 4. The van der Waals surface area contributed by atoms with Gasteiger partial charge in [0.2, 0.25) is 5.75 Å². The molecule has 1 N–H and O–H groups in total. The van der Waals surface area contributed by atoms with Crippen LogP contribution in [0.3, 0.4) is 0 Å². The van der Waals surface area contributed by atoms with Crippen LogP contribution in [0.25, 0.3) is 0 Å². The maximum absolute atomic E-state index is 12.2. The number of likely N-dealkylation sites (tertiary alicyclic amines) is 1. The first-order valence-electron chi connectivity index (χ1n) is 12.1. The molecule has 0 radical (unpaired) electrons. The van der Waals surface area contributed by atoms with Crippen molar-refractivity contribution in [3.05, 3.63) is 77.4 Å². The average molecular weight is 508 g/mol. The lowest BCUT2D eigenvalue weighted by atomic mass is 9.93. The number of aliphatic carboxylic acids is 1. The van der Waals surface area contributed by atoms with E-state index in [4.69, 9.17) is 23.7 Å². The van der Waals surface area contributed by atoms with Gasteiger partial charge in [-0.1, -0.05) is 36.4 Å². The van der Waals surface area contributed by atoms with Crippen LogP contribution in [-0.4, -0.2) is 57.0 Å². The van der Waals surface area contributed by atoms with Crippen molar-refractivity contribution in [1.29, 1.82) is 0 Å². The number of carboxylic acid groups (broad SMARTS) is 1. The maximum atomic E-state index is 12.2. The summed E-state index contributed by atoms with van der Waals surface area (Å²) in [7, 11) is 6.33. The molecule has 4 rings (SSSR count). The zero-order chi connectivity index (χ0) is 26.4. The molecule has 8 heteroatoms. The minimum absolute atomic E-state index is 0.337. The normalized spacial score (nSPS) is 16.2. The van der Waals surface area contributed by atoms with Crippen LogP contribution in [0.4, 0.5) is 0 Å². The summed E-state index contributed by atoms with van der Waals surface area (Å²) >= 11 is 0. The third-order valence-corrected chi connectivity index (χ3v) is 6.67. The number of hydrogen-bond acceptors (Lipinski definition) is 7. The van der Waals surface area contributed by atoms with E-state index in [0.29, 0.717) is 48.3 Å². The summed E-state index contributed by atoms with van der Waals surface area (Å²) in [5, 5.41) is 10.0. The van der Waals surface area contributed by atoms with Gasteiger partial charge in [-0.3, -0.25) is 9.69 Å². The van der Waals surface area contributed by atoms with Crippen molar-refractivity contribution in [2.75, 3.05) is 35.0 Å². The zero-order valence-corrected chi connectivity index (χ0v) is 21.6. The molecule has 1 heterocycles. The number of hydrogen-bond donors (Lipinski definition) is 1. The summed E-state index contributed by atoms with van der Waals surface area (Å²) in [6.07, 6.45) is 1.31. The van der Waals surface area contributed by atoms with Crippen LogP contribution in [0.2, 0.25) is 0 Å². The fraction of sp³-hybridized carbons (Fsp3) is 0.345. The van der Waals surface area contributed by atoms with Gasteiger partial charge in [-0.15, -0.1) is 0 Å². The van der Waals surface area contributed by atoms with E-state index in [1.54, 1.807) is 28.4 Å². The Labute approximate surface area is 217 Å². The highest BCUT2D eigenvalue weighted by Gasteiger charge is 2.40. The fourth-order valence-electron chi connectivity index (χ4n) is 4.97. The zero-order valence-electron chi connectivity index (χ0n) is 21.6. The second-order valence-corrected chi connectivity index (χ2v) is 8.74. The number of carboxylic acids is 1. The Morgan fingerprint density at radius 2 is 1.49 bits per heavy atom. The van der Waals surface area contributed by atoms with Crippen LogP contribution in [0.1, 0.15) is 35.6 Å². The van der Waals surface area contributed by atoms with E-state index in [9.17, 15) is 9.90 Å². The van der Waals surface area contributed by atoms with Crippen LogP contribution in [0, 0.1) is 0 Å². The lowest BCUT2D eigenvalue weighted by Crippen LogP contribution is -2.39. The Balaban J connectivity index is 1.86. The molecule has 37 heavy (non-hydrogen) atoms. The largest absolute Gasteiger partial charge is 0.496 e. The van der Waals surface area contributed by atoms with E-state index in [1.165, 1.54) is 0 Å². The van der Waals surface area contributed by atoms with E-state index in [2.05, 4.69) is 0 Å². The summed E-state index contributed by atoms with van der Waals surface area (Å²) in [6.45, 7) is 0.934. The predicted molar refractivity (Wildman–Crippen MR) is 139 cm³/mol. The molecule has 0 spiro atoms. The highest BCUT2D eigenvalue weighted by atomic mass is 16.5. The van der Waals surface area contributed by atoms with E-state index in [0.717, 1.165) is 23.1 Å². The SMILES string of the molecule is COc1cc(C(c2c(OC)cccc2OC)N2CCCC2C(=O)O)cc(OC)c1OCc1ccccc1. The van der Waals surface area contributed by atoms with E-state index >= 15 is 0 Å². The minimum Gasteiger partial charge on any atom is -0.496 e. The Morgan fingerprint density at radius 1 is 0.892 bits per heavy atom. The quantitative estimate of drug-likeness (QED) is 0.391. The van der Waals surface area contributed by atoms with E-state index in [1.807, 2.05) is 65.6 Å². The highest BCUT2D eigenvalue weighted by molar-refractivity contribution is 5.74. The molecule has 8 nitrogen and oxygen atoms in total. The predicted octanol–water partition coefficient (Wildman–Crippen LogP) is 4.94. The topological polar surface area (TPSA) is 86.7 Å². The van der Waals surface area contributed by atoms with Gasteiger partial charge < -0.3 is 28.8 Å². The molecule has 1 aliphatic heterocycles. The van der Waals surface area contributed by atoms with Crippen molar-refractivity contribution >= 4 is 5.97 Å². The highest BCUT2D eigenvalue weighted by Crippen LogP contribution is 2.48. The van der Waals surface area contributed by atoms with Gasteiger partial charge >= 0.3 is 5.97 Å². The van der Waals surface area contributed by atoms with Crippen LogP contribution < -0.4 is 23.7 Å². The van der Waals surface area contributed by atoms with Crippen molar-refractivity contribution in [2.24, 2.45) is 0 Å². The van der Waals surface area contributed by atoms with Crippen molar-refractivity contribution in [2.45, 2.75) is 31.5 Å². The summed E-state index contributed by atoms with van der Waals surface area (Å²) in [5.74, 6) is 1.77. The number of rotatable bonds is 11. The second kappa shape index (κ2) is 11.9. The van der Waals surface area contributed by atoms with E-state index in [-0.39, 0.29) is 0 Å². The van der Waals surface area contributed by atoms with Crippen molar-refractivity contribution in [1.82, 2.24) is 4.90 Å². The Hall–Kier alpha value is -3.91. The van der Waals surface area contributed by atoms with Crippen LogP contribution in [-0.2, 0) is 11.4 Å². The number of benzene rings is 3. The lowest BCUT2D eigenvalue weighted by Gasteiger charge is -2.34. The molecule has 3 aromatic carbocycles. The molecule has 1 fully saturated rings. The maximum Gasteiger partial charge on any atom is 0.320 e. The van der Waals surface area contributed by atoms with Crippen molar-refractivity contribution < 1.29 is 33.6 Å². The summed E-state index contributed by atoms with van der Waals surface area (Å²) < 4.78 is 29.1. The third-order valence-electron chi connectivity index (χ3n) is 6.67. The van der Waals surface area contributed by atoms with Crippen LogP contribution in [0.15, 0.2) is 60.7 Å². The van der Waals surface area contributed by atoms with Crippen molar-refractivity contribution in [3.63, 3.8) is 0 Å². The average Bonchev–Trinajstić information content (AvgIpc) is 3.42. The first kappa shape index (κ1) is 26.2. The number of nitrogens with zero attached hydrogens (tertiary/aromatic N) is 1. The molecule has 3 aromatic rings. The second-order valence-electron chi connectivity index (χ2n) is 8.74. The molecule has 196 valence electrons. The first-order chi connectivity index (χ1) is 18.0. The van der Waals surface area contributed by atoms with Gasteiger partial charge in [0.25, 0.3) is 0 Å². The molecule has 1 aliphatic rings. The van der Waals surface area contributed by atoms with Gasteiger partial charge in [-0.05, 0) is 48.2 Å². The van der Waals surface area contributed by atoms with Gasteiger partial charge in [0.15, 0.2) is 11.5 Å². The van der Waals surface area contributed by atoms with Gasteiger partial charge in [-0.25, -0.2) is 0 Å². The summed E-state index contributed by atoms with van der Waals surface area (Å²) in [6, 6.07) is 18.0. The lowest BCUT2D eigenvalue weighted by molar-refractivity contribution is -0.142. The molecule has 2 atom stereocenters. The van der Waals surface area contributed by atoms with Crippen LogP contribution >= 0.6 is 0 Å². The smallest absolute Gasteiger partial charge is 0.320 e. The molecular weight excluding hydrogens is 474 g/mol. The first-order valence-corrected chi connectivity index (χ1v) is 12.1. The molecule has 0 aliphatic carbocycles. The molecule has 1 saturated heterocycles. The standard InChI is InChI=1S/C29H33NO7/c1-33-22-13-8-14-23(34-2)26(22)27(30-15-9-12-21(30)29(31)32)20-16-24(35-3)28(25(17-20)36-4)37-18-19-10-6-5-7-11-19/h5-8,10-11,13-14,16-17,21,27H,9,12,15,18H2,1-4H3,(H,31,32). The fourth-order valence-corrected chi connectivity index (χ4v) is 4.97. The third kappa shape index (κ3) is 5.44. The summed E-state index contributed by atoms with van der Waals surface area (Å²) in [5.41, 5.74) is 2.52. The summed E-state index contributed by atoms with van der Waals surface area (Å²) in [4.78, 5) is 14.2. The van der Waals surface area contributed by atoms with Gasteiger partial charge in [0.1, 0.15) is 24.1 Å². The Kier molecular flexibility index (Phi) is 8.40. The van der Waals surface area contributed by atoms with Gasteiger partial charge in [0, 0.05) is 6.54 Å². The number of ether oxygens (including phenoxy) is 5. The Morgan fingerprint density at radius 3 is 2.03 bits per heavy atom.